The van der Waals surface area contributed by atoms with Crippen molar-refractivity contribution in [1.82, 2.24) is 5.32 Å². The van der Waals surface area contributed by atoms with Crippen molar-refractivity contribution in [3.63, 3.8) is 0 Å². The number of likely N-dealkylation sites (N-methyl/N-ethyl adjacent to an activating group) is 1. The Balaban J connectivity index is 2.06. The summed E-state index contributed by atoms with van der Waals surface area (Å²) in [5, 5.41) is 12.5. The van der Waals surface area contributed by atoms with E-state index in [1.54, 1.807) is 6.07 Å². The third kappa shape index (κ3) is 3.91. The van der Waals surface area contributed by atoms with E-state index >= 15 is 0 Å². The highest BCUT2D eigenvalue weighted by atomic mass is 35.5. The van der Waals surface area contributed by atoms with Gasteiger partial charge in [-0.3, -0.25) is 14.5 Å². The van der Waals surface area contributed by atoms with Crippen molar-refractivity contribution in [3.8, 4) is 6.07 Å². The Morgan fingerprint density at radius 1 is 1.25 bits per heavy atom. The summed E-state index contributed by atoms with van der Waals surface area (Å²) in [6, 6.07) is 16.7. The van der Waals surface area contributed by atoms with Crippen LogP contribution in [0.1, 0.15) is 11.1 Å². The second-order valence-corrected chi connectivity index (χ2v) is 7.88. The molecule has 1 aliphatic rings. The van der Waals surface area contributed by atoms with E-state index in [0.29, 0.717) is 22.2 Å². The van der Waals surface area contributed by atoms with Gasteiger partial charge in [0.15, 0.2) is 0 Å². The fourth-order valence-electron chi connectivity index (χ4n) is 2.90. The Kier molecular flexibility index (Phi) is 6.08. The number of nitriles is 1. The molecule has 28 heavy (non-hydrogen) atoms. The van der Waals surface area contributed by atoms with Crippen LogP contribution in [0, 0.1) is 18.3 Å². The van der Waals surface area contributed by atoms with Gasteiger partial charge >= 0.3 is 0 Å². The van der Waals surface area contributed by atoms with Gasteiger partial charge in [0.1, 0.15) is 16.7 Å². The molecule has 0 spiro atoms. The molecule has 2 aromatic carbocycles. The normalized spacial score (nSPS) is 18.0. The first kappa shape index (κ1) is 20.0. The molecule has 142 valence electrons. The van der Waals surface area contributed by atoms with Gasteiger partial charge in [-0.15, -0.1) is 0 Å². The first-order valence-corrected chi connectivity index (χ1v) is 9.89. The van der Waals surface area contributed by atoms with Gasteiger partial charge in [-0.25, -0.2) is 0 Å². The maximum Gasteiger partial charge on any atom is 0.264 e. The summed E-state index contributed by atoms with van der Waals surface area (Å²) in [7, 11) is 1.46. The van der Waals surface area contributed by atoms with Crippen LogP contribution in [0.3, 0.4) is 0 Å². The Hall–Kier alpha value is -2.75. The predicted octanol–water partition coefficient (Wildman–Crippen LogP) is 3.82. The number of thioether (sulfide) groups is 1. The fraction of sp³-hybridized carbons (Fsp3) is 0.190. The third-order valence-electron chi connectivity index (χ3n) is 4.39. The summed E-state index contributed by atoms with van der Waals surface area (Å²) >= 11 is 7.48. The van der Waals surface area contributed by atoms with Crippen molar-refractivity contribution in [1.29, 1.82) is 5.26 Å². The molecule has 2 amide bonds. The van der Waals surface area contributed by atoms with Gasteiger partial charge in [-0.05, 0) is 37.1 Å². The zero-order chi connectivity index (χ0) is 20.3. The molecular weight excluding hydrogens is 394 g/mol. The number of nitrogens with zero attached hydrogens (tertiary/aromatic N) is 2. The first-order chi connectivity index (χ1) is 13.5. The van der Waals surface area contributed by atoms with Gasteiger partial charge in [-0.1, -0.05) is 59.3 Å². The number of amides is 2. The van der Waals surface area contributed by atoms with Crippen molar-refractivity contribution >= 4 is 40.9 Å². The van der Waals surface area contributed by atoms with Gasteiger partial charge in [-0.2, -0.15) is 5.26 Å². The second kappa shape index (κ2) is 8.51. The highest BCUT2D eigenvalue weighted by Crippen LogP contribution is 2.42. The minimum atomic E-state index is -0.520. The van der Waals surface area contributed by atoms with Crippen molar-refractivity contribution in [3.05, 3.63) is 75.3 Å². The average Bonchev–Trinajstić information content (AvgIpc) is 3.01. The fourth-order valence-corrected chi connectivity index (χ4v) is 4.41. The van der Waals surface area contributed by atoms with E-state index in [1.807, 2.05) is 55.5 Å². The first-order valence-electron chi connectivity index (χ1n) is 8.63. The molecule has 5 nitrogen and oxygen atoms in total. The number of rotatable bonds is 4. The van der Waals surface area contributed by atoms with Crippen LogP contribution < -0.4 is 10.2 Å². The smallest absolute Gasteiger partial charge is 0.264 e. The Morgan fingerprint density at radius 3 is 2.54 bits per heavy atom. The molecule has 0 bridgehead atoms. The van der Waals surface area contributed by atoms with Crippen LogP contribution in [0.15, 0.2) is 59.1 Å². The zero-order valence-electron chi connectivity index (χ0n) is 15.4. The predicted molar refractivity (Wildman–Crippen MR) is 112 cm³/mol. The molecule has 1 heterocycles. The van der Waals surface area contributed by atoms with Gasteiger partial charge in [0, 0.05) is 17.8 Å². The number of benzene rings is 2. The quantitative estimate of drug-likeness (QED) is 0.613. The van der Waals surface area contributed by atoms with Crippen LogP contribution in [0.5, 0.6) is 0 Å². The van der Waals surface area contributed by atoms with Crippen LogP contribution in [-0.4, -0.2) is 24.1 Å². The van der Waals surface area contributed by atoms with Crippen molar-refractivity contribution in [2.24, 2.45) is 0 Å². The Labute approximate surface area is 173 Å². The van der Waals surface area contributed by atoms with E-state index in [0.717, 1.165) is 11.1 Å². The zero-order valence-corrected chi connectivity index (χ0v) is 17.0. The topological polar surface area (TPSA) is 73.2 Å². The van der Waals surface area contributed by atoms with Crippen LogP contribution >= 0.6 is 23.4 Å². The summed E-state index contributed by atoms with van der Waals surface area (Å²) in [5.41, 5.74) is 2.44. The molecule has 1 atom stereocenters. The molecule has 0 unspecified atom stereocenters. The number of carbonyl (C=O) groups is 2. The summed E-state index contributed by atoms with van der Waals surface area (Å²) in [6.45, 7) is 1.95. The van der Waals surface area contributed by atoms with Crippen molar-refractivity contribution < 1.29 is 9.59 Å². The molecule has 1 saturated heterocycles. The van der Waals surface area contributed by atoms with Crippen molar-refractivity contribution in [2.75, 3.05) is 11.9 Å². The standard InChI is InChI=1S/C21H18ClN3O2S/c1-13-7-9-15(10-8-13)25-20(27)18(11-14-5-3-4-6-17(14)22)28-21(25)16(12-23)19(26)24-2/h3-10,18H,11H2,1-2H3,(H,24,26)/b21-16+/t18-/m1/s1. The van der Waals surface area contributed by atoms with Crippen LogP contribution in [0.2, 0.25) is 5.02 Å². The minimum Gasteiger partial charge on any atom is -0.354 e. The maximum atomic E-state index is 13.2. The molecule has 0 aromatic heterocycles. The number of carbonyl (C=O) groups excluding carboxylic acids is 2. The molecule has 3 rings (SSSR count). The largest absolute Gasteiger partial charge is 0.354 e. The third-order valence-corrected chi connectivity index (χ3v) is 6.02. The van der Waals surface area contributed by atoms with Crippen LogP contribution in [0.4, 0.5) is 5.69 Å². The minimum absolute atomic E-state index is 0.0805. The number of nitrogens with one attached hydrogen (secondary N) is 1. The number of hydrogen-bond donors (Lipinski definition) is 1. The monoisotopic (exact) mass is 411 g/mol. The van der Waals surface area contributed by atoms with E-state index in [9.17, 15) is 14.9 Å². The van der Waals surface area contributed by atoms with E-state index in [-0.39, 0.29) is 11.5 Å². The molecule has 1 fully saturated rings. The van der Waals surface area contributed by atoms with Gasteiger partial charge in [0.05, 0.1) is 5.25 Å². The van der Waals surface area contributed by atoms with E-state index in [4.69, 9.17) is 11.6 Å². The van der Waals surface area contributed by atoms with Gasteiger partial charge in [0.2, 0.25) is 5.91 Å². The molecule has 1 aliphatic heterocycles. The molecule has 0 saturated carbocycles. The van der Waals surface area contributed by atoms with Gasteiger partial charge < -0.3 is 5.32 Å². The molecular formula is C21H18ClN3O2S. The molecule has 0 radical (unpaired) electrons. The number of hydrogen-bond acceptors (Lipinski definition) is 4. The Bertz CT molecular complexity index is 995. The lowest BCUT2D eigenvalue weighted by atomic mass is 10.1. The Morgan fingerprint density at radius 2 is 1.93 bits per heavy atom. The number of aryl methyl sites for hydroxylation is 1. The molecule has 7 heteroatoms. The summed E-state index contributed by atoms with van der Waals surface area (Å²) in [4.78, 5) is 26.9. The molecule has 1 N–H and O–H groups in total. The van der Waals surface area contributed by atoms with Crippen LogP contribution in [0.25, 0.3) is 0 Å². The average molecular weight is 412 g/mol. The molecule has 0 aliphatic carbocycles. The lowest BCUT2D eigenvalue weighted by Crippen LogP contribution is -2.31. The molecule has 2 aromatic rings. The number of halogens is 1. The van der Waals surface area contributed by atoms with E-state index in [1.165, 1.54) is 23.7 Å². The lowest BCUT2D eigenvalue weighted by Gasteiger charge is -2.18. The van der Waals surface area contributed by atoms with Crippen LogP contribution in [-0.2, 0) is 16.0 Å². The lowest BCUT2D eigenvalue weighted by molar-refractivity contribution is -0.117. The summed E-state index contributed by atoms with van der Waals surface area (Å²) in [6.07, 6.45) is 0.404. The summed E-state index contributed by atoms with van der Waals surface area (Å²) < 4.78 is 0. The van der Waals surface area contributed by atoms with E-state index in [2.05, 4.69) is 5.32 Å². The van der Waals surface area contributed by atoms with Crippen molar-refractivity contribution in [2.45, 2.75) is 18.6 Å². The number of anilines is 1. The second-order valence-electron chi connectivity index (χ2n) is 6.28. The van der Waals surface area contributed by atoms with Gasteiger partial charge in [0.25, 0.3) is 5.91 Å². The highest BCUT2D eigenvalue weighted by Gasteiger charge is 2.40. The SMILES string of the molecule is CNC(=O)/C(C#N)=C1/S[C@H](Cc2ccccc2Cl)C(=O)N1c1ccc(C)cc1. The van der Waals surface area contributed by atoms with E-state index < -0.39 is 11.2 Å². The maximum absolute atomic E-state index is 13.2. The highest BCUT2D eigenvalue weighted by molar-refractivity contribution is 8.05. The summed E-state index contributed by atoms with van der Waals surface area (Å²) in [5.74, 6) is -0.700.